The van der Waals surface area contributed by atoms with E-state index in [9.17, 15) is 4.79 Å². The van der Waals surface area contributed by atoms with Crippen LogP contribution in [-0.2, 0) is 13.0 Å². The number of unbranched alkanes of at least 4 members (excludes halogenated alkanes) is 1. The summed E-state index contributed by atoms with van der Waals surface area (Å²) in [6.07, 6.45) is 4.77. The molecule has 0 spiro atoms. The van der Waals surface area contributed by atoms with Crippen LogP contribution < -0.4 is 15.3 Å². The molecule has 5 heteroatoms. The van der Waals surface area contributed by atoms with Gasteiger partial charge in [-0.1, -0.05) is 19.4 Å². The number of ether oxygens (including phenoxy) is 1. The third kappa shape index (κ3) is 2.97. The van der Waals surface area contributed by atoms with Gasteiger partial charge in [0.05, 0.1) is 12.1 Å². The Morgan fingerprint density at radius 1 is 1.24 bits per heavy atom. The predicted octanol–water partition coefficient (Wildman–Crippen LogP) is 3.89. The van der Waals surface area contributed by atoms with E-state index in [2.05, 4.69) is 11.9 Å². The Morgan fingerprint density at radius 3 is 2.96 bits per heavy atom. The molecule has 0 bridgehead atoms. The topological polar surface area (TPSA) is 55.6 Å². The molecule has 128 valence electrons. The number of anilines is 1. The Morgan fingerprint density at radius 2 is 2.16 bits per heavy atom. The summed E-state index contributed by atoms with van der Waals surface area (Å²) in [5, 5.41) is 0.998. The lowest BCUT2D eigenvalue weighted by atomic mass is 10.0. The van der Waals surface area contributed by atoms with Crippen molar-refractivity contribution in [2.45, 2.75) is 32.7 Å². The summed E-state index contributed by atoms with van der Waals surface area (Å²) in [6, 6.07) is 11.4. The van der Waals surface area contributed by atoms with E-state index in [1.54, 1.807) is 12.3 Å². The minimum atomic E-state index is -0.304. The van der Waals surface area contributed by atoms with Gasteiger partial charge >= 0.3 is 5.63 Å². The second-order valence-corrected chi connectivity index (χ2v) is 6.27. The zero-order valence-corrected chi connectivity index (χ0v) is 14.2. The lowest BCUT2D eigenvalue weighted by molar-refractivity contribution is 0.288. The van der Waals surface area contributed by atoms with E-state index in [0.29, 0.717) is 18.9 Å². The van der Waals surface area contributed by atoms with Crippen LogP contribution in [0.3, 0.4) is 0 Å². The molecule has 0 amide bonds. The molecule has 1 aliphatic heterocycles. The summed E-state index contributed by atoms with van der Waals surface area (Å²) in [6.45, 7) is 3.17. The maximum Gasteiger partial charge on any atom is 0.336 e. The van der Waals surface area contributed by atoms with Crippen LogP contribution >= 0.6 is 0 Å². The van der Waals surface area contributed by atoms with E-state index in [4.69, 9.17) is 9.15 Å². The van der Waals surface area contributed by atoms with Gasteiger partial charge in [0, 0.05) is 17.6 Å². The first-order chi connectivity index (χ1) is 12.3. The van der Waals surface area contributed by atoms with Crippen molar-refractivity contribution >= 4 is 16.8 Å². The highest BCUT2D eigenvalue weighted by atomic mass is 16.5. The molecule has 0 radical (unpaired) electrons. The normalized spacial score (nSPS) is 13.6. The molecule has 1 aliphatic rings. The molecule has 0 fully saturated rings. The Kier molecular flexibility index (Phi) is 4.14. The van der Waals surface area contributed by atoms with Crippen LogP contribution in [0.15, 0.2) is 51.8 Å². The maximum absolute atomic E-state index is 12.1. The molecule has 0 saturated carbocycles. The number of nitrogens with zero attached hydrogens (tertiary/aromatic N) is 2. The average molecular weight is 336 g/mol. The van der Waals surface area contributed by atoms with Crippen LogP contribution in [0.4, 0.5) is 5.82 Å². The van der Waals surface area contributed by atoms with Gasteiger partial charge < -0.3 is 14.1 Å². The Labute approximate surface area is 145 Å². The smallest absolute Gasteiger partial charge is 0.336 e. The molecule has 0 N–H and O–H groups in total. The summed E-state index contributed by atoms with van der Waals surface area (Å²) >= 11 is 0. The second kappa shape index (κ2) is 6.59. The number of benzene rings is 1. The minimum absolute atomic E-state index is 0.304. The van der Waals surface area contributed by atoms with Crippen molar-refractivity contribution in [2.75, 3.05) is 11.6 Å². The summed E-state index contributed by atoms with van der Waals surface area (Å²) < 4.78 is 11.5. The van der Waals surface area contributed by atoms with Crippen molar-refractivity contribution in [1.82, 2.24) is 4.98 Å². The van der Waals surface area contributed by atoms with E-state index in [1.165, 1.54) is 0 Å². The first-order valence-electron chi connectivity index (χ1n) is 8.63. The van der Waals surface area contributed by atoms with Gasteiger partial charge in [0.2, 0.25) is 0 Å². The van der Waals surface area contributed by atoms with Crippen LogP contribution in [0, 0.1) is 0 Å². The van der Waals surface area contributed by atoms with Gasteiger partial charge in [-0.3, -0.25) is 0 Å². The van der Waals surface area contributed by atoms with Gasteiger partial charge in [0.25, 0.3) is 0 Å². The summed E-state index contributed by atoms with van der Waals surface area (Å²) in [5.74, 6) is 1.62. The number of fused-ring (bicyclic) bond motifs is 3. The molecule has 2 aromatic heterocycles. The lowest BCUT2D eigenvalue weighted by Gasteiger charge is -2.30. The zero-order valence-electron chi connectivity index (χ0n) is 14.2. The summed E-state index contributed by atoms with van der Waals surface area (Å²) in [7, 11) is 0. The Bertz CT molecular complexity index is 950. The standard InChI is InChI=1S/C20H20N2O3/c1-2-3-6-14-11-19(23)25-20-15(14)8-9-17-16(20)12-22(13-24-17)18-7-4-5-10-21-18/h4-5,7-11H,2-3,6,12-13H2,1H3. The Hall–Kier alpha value is -2.82. The quantitative estimate of drug-likeness (QED) is 0.677. The van der Waals surface area contributed by atoms with Gasteiger partial charge in [-0.25, -0.2) is 9.78 Å². The molecule has 5 nitrogen and oxygen atoms in total. The fourth-order valence-corrected chi connectivity index (χ4v) is 3.26. The number of hydrogen-bond donors (Lipinski definition) is 0. The van der Waals surface area contributed by atoms with Gasteiger partial charge in [-0.15, -0.1) is 0 Å². The highest BCUT2D eigenvalue weighted by molar-refractivity contribution is 5.85. The number of hydrogen-bond acceptors (Lipinski definition) is 5. The molecular formula is C20H20N2O3. The van der Waals surface area contributed by atoms with E-state index < -0.39 is 0 Å². The van der Waals surface area contributed by atoms with E-state index in [-0.39, 0.29) is 5.63 Å². The average Bonchev–Trinajstić information content (AvgIpc) is 2.66. The first kappa shape index (κ1) is 15.7. The van der Waals surface area contributed by atoms with E-state index in [0.717, 1.165) is 47.3 Å². The van der Waals surface area contributed by atoms with Gasteiger partial charge in [0.1, 0.15) is 17.2 Å². The highest BCUT2D eigenvalue weighted by Gasteiger charge is 2.23. The monoisotopic (exact) mass is 336 g/mol. The highest BCUT2D eigenvalue weighted by Crippen LogP contribution is 2.34. The molecule has 3 heterocycles. The van der Waals surface area contributed by atoms with Gasteiger partial charge in [-0.05, 0) is 42.7 Å². The lowest BCUT2D eigenvalue weighted by Crippen LogP contribution is -2.32. The van der Waals surface area contributed by atoms with Crippen LogP contribution in [-0.4, -0.2) is 11.7 Å². The number of aryl methyl sites for hydroxylation is 1. The fraction of sp³-hybridized carbons (Fsp3) is 0.300. The van der Waals surface area contributed by atoms with E-state index >= 15 is 0 Å². The molecule has 1 aromatic carbocycles. The van der Waals surface area contributed by atoms with Crippen molar-refractivity contribution in [1.29, 1.82) is 0 Å². The number of aromatic nitrogens is 1. The largest absolute Gasteiger partial charge is 0.473 e. The maximum atomic E-state index is 12.1. The van der Waals surface area contributed by atoms with Crippen LogP contribution in [0.1, 0.15) is 30.9 Å². The third-order valence-corrected chi connectivity index (χ3v) is 4.56. The van der Waals surface area contributed by atoms with Crippen LogP contribution in [0.2, 0.25) is 0 Å². The molecule has 25 heavy (non-hydrogen) atoms. The predicted molar refractivity (Wildman–Crippen MR) is 97.0 cm³/mol. The summed E-state index contributed by atoms with van der Waals surface area (Å²) in [4.78, 5) is 18.5. The molecule has 4 rings (SSSR count). The van der Waals surface area contributed by atoms with Crippen molar-refractivity contribution in [3.63, 3.8) is 0 Å². The fourth-order valence-electron chi connectivity index (χ4n) is 3.26. The van der Waals surface area contributed by atoms with Crippen molar-refractivity contribution in [3.05, 3.63) is 64.1 Å². The van der Waals surface area contributed by atoms with E-state index in [1.807, 2.05) is 35.2 Å². The zero-order chi connectivity index (χ0) is 17.2. The minimum Gasteiger partial charge on any atom is -0.473 e. The molecular weight excluding hydrogens is 316 g/mol. The second-order valence-electron chi connectivity index (χ2n) is 6.27. The SMILES string of the molecule is CCCCc1cc(=O)oc2c3c(ccc12)OCN(c1ccccn1)C3. The van der Waals surface area contributed by atoms with Gasteiger partial charge in [0.15, 0.2) is 6.73 Å². The van der Waals surface area contributed by atoms with Crippen LogP contribution in [0.25, 0.3) is 11.0 Å². The molecule has 0 saturated heterocycles. The van der Waals surface area contributed by atoms with Crippen molar-refractivity contribution < 1.29 is 9.15 Å². The third-order valence-electron chi connectivity index (χ3n) is 4.56. The number of pyridine rings is 1. The molecule has 0 unspecified atom stereocenters. The summed E-state index contributed by atoms with van der Waals surface area (Å²) in [5.41, 5.74) is 2.29. The van der Waals surface area contributed by atoms with Gasteiger partial charge in [-0.2, -0.15) is 0 Å². The number of rotatable bonds is 4. The van der Waals surface area contributed by atoms with Crippen molar-refractivity contribution in [2.24, 2.45) is 0 Å². The molecule has 0 aliphatic carbocycles. The first-order valence-corrected chi connectivity index (χ1v) is 8.63. The van der Waals surface area contributed by atoms with Crippen LogP contribution in [0.5, 0.6) is 5.75 Å². The molecule has 3 aromatic rings. The molecule has 0 atom stereocenters. The van der Waals surface area contributed by atoms with Crippen molar-refractivity contribution in [3.8, 4) is 5.75 Å². The Balaban J connectivity index is 1.80.